The molecule has 0 bridgehead atoms. The molecule has 0 aliphatic heterocycles. The number of furan rings is 1. The number of hydrogen-bond acceptors (Lipinski definition) is 4. The molecular formula is C10H8N2O3. The van der Waals surface area contributed by atoms with Crippen LogP contribution in [-0.2, 0) is 0 Å². The molecule has 0 spiro atoms. The molecule has 0 fully saturated rings. The van der Waals surface area contributed by atoms with Crippen molar-refractivity contribution in [2.45, 2.75) is 0 Å². The quantitative estimate of drug-likeness (QED) is 0.462. The van der Waals surface area contributed by atoms with Gasteiger partial charge < -0.3 is 10.2 Å². The highest BCUT2D eigenvalue weighted by Crippen LogP contribution is 2.28. The highest BCUT2D eigenvalue weighted by atomic mass is 16.6. The summed E-state index contributed by atoms with van der Waals surface area (Å²) in [6.07, 6.45) is 3.03. The second kappa shape index (κ2) is 3.45. The zero-order chi connectivity index (χ0) is 10.8. The Bertz CT molecular complexity index is 491. The smallest absolute Gasteiger partial charge is 0.292 e. The van der Waals surface area contributed by atoms with E-state index in [2.05, 4.69) is 0 Å². The Morgan fingerprint density at radius 1 is 1.27 bits per heavy atom. The maximum Gasteiger partial charge on any atom is 0.292 e. The largest absolute Gasteiger partial charge is 0.472 e. The third-order valence-corrected chi connectivity index (χ3v) is 2.08. The van der Waals surface area contributed by atoms with Crippen molar-refractivity contribution < 1.29 is 9.34 Å². The third kappa shape index (κ3) is 1.67. The van der Waals surface area contributed by atoms with Crippen molar-refractivity contribution in [3.8, 4) is 11.1 Å². The van der Waals surface area contributed by atoms with Crippen molar-refractivity contribution >= 4 is 11.4 Å². The summed E-state index contributed by atoms with van der Waals surface area (Å²) in [4.78, 5) is 10.1. The van der Waals surface area contributed by atoms with Crippen LogP contribution in [0.25, 0.3) is 11.1 Å². The molecule has 2 aromatic rings. The Morgan fingerprint density at radius 3 is 2.67 bits per heavy atom. The molecule has 0 amide bonds. The topological polar surface area (TPSA) is 82.3 Å². The van der Waals surface area contributed by atoms with Gasteiger partial charge in [-0.05, 0) is 17.7 Å². The minimum Gasteiger partial charge on any atom is -0.472 e. The minimum atomic E-state index is -0.501. The summed E-state index contributed by atoms with van der Waals surface area (Å²) < 4.78 is 4.90. The van der Waals surface area contributed by atoms with E-state index in [1.807, 2.05) is 0 Å². The summed E-state index contributed by atoms with van der Waals surface area (Å²) in [5.74, 6) is 0. The Balaban J connectivity index is 2.52. The van der Waals surface area contributed by atoms with E-state index in [4.69, 9.17) is 10.2 Å². The second-order valence-corrected chi connectivity index (χ2v) is 3.04. The van der Waals surface area contributed by atoms with Gasteiger partial charge in [-0.25, -0.2) is 0 Å². The summed E-state index contributed by atoms with van der Waals surface area (Å²) in [7, 11) is 0. The monoisotopic (exact) mass is 204 g/mol. The lowest BCUT2D eigenvalue weighted by Gasteiger charge is -1.99. The van der Waals surface area contributed by atoms with Gasteiger partial charge in [0, 0.05) is 11.6 Å². The number of benzene rings is 1. The van der Waals surface area contributed by atoms with E-state index in [1.165, 1.54) is 24.7 Å². The first kappa shape index (κ1) is 9.26. The van der Waals surface area contributed by atoms with Crippen LogP contribution in [0.15, 0.2) is 41.2 Å². The van der Waals surface area contributed by atoms with Crippen molar-refractivity contribution in [2.75, 3.05) is 5.73 Å². The molecule has 2 rings (SSSR count). The highest BCUT2D eigenvalue weighted by Gasteiger charge is 2.12. The Morgan fingerprint density at radius 2 is 2.07 bits per heavy atom. The first-order chi connectivity index (χ1) is 7.18. The van der Waals surface area contributed by atoms with E-state index < -0.39 is 4.92 Å². The summed E-state index contributed by atoms with van der Waals surface area (Å²) in [6, 6.07) is 6.39. The van der Waals surface area contributed by atoms with Crippen LogP contribution in [0.2, 0.25) is 0 Å². The van der Waals surface area contributed by atoms with Crippen LogP contribution in [-0.4, -0.2) is 4.92 Å². The number of anilines is 1. The van der Waals surface area contributed by atoms with Gasteiger partial charge in [-0.1, -0.05) is 6.07 Å². The number of nitro groups is 1. The lowest BCUT2D eigenvalue weighted by molar-refractivity contribution is -0.383. The Hall–Kier alpha value is -2.30. The lowest BCUT2D eigenvalue weighted by Crippen LogP contribution is -1.95. The van der Waals surface area contributed by atoms with Crippen molar-refractivity contribution in [1.82, 2.24) is 0 Å². The standard InChI is InChI=1S/C10H8N2O3/c11-9-2-1-7(5-10(9)12(13)14)8-3-4-15-6-8/h1-6H,11H2. The SMILES string of the molecule is Nc1ccc(-c2ccoc2)cc1[N+](=O)[O-]. The molecule has 0 aliphatic rings. The van der Waals surface area contributed by atoms with Crippen LogP contribution in [0, 0.1) is 10.1 Å². The van der Waals surface area contributed by atoms with E-state index in [9.17, 15) is 10.1 Å². The number of nitrogen functional groups attached to an aromatic ring is 1. The van der Waals surface area contributed by atoms with E-state index in [-0.39, 0.29) is 11.4 Å². The molecule has 5 nitrogen and oxygen atoms in total. The van der Waals surface area contributed by atoms with E-state index in [0.29, 0.717) is 5.56 Å². The fraction of sp³-hybridized carbons (Fsp3) is 0. The van der Waals surface area contributed by atoms with Gasteiger partial charge in [-0.15, -0.1) is 0 Å². The number of hydrogen-bond donors (Lipinski definition) is 1. The van der Waals surface area contributed by atoms with Gasteiger partial charge in [0.2, 0.25) is 0 Å². The second-order valence-electron chi connectivity index (χ2n) is 3.04. The van der Waals surface area contributed by atoms with Crippen LogP contribution >= 0.6 is 0 Å². The molecule has 0 saturated carbocycles. The molecule has 1 heterocycles. The molecule has 5 heteroatoms. The van der Waals surface area contributed by atoms with Crippen LogP contribution in [0.5, 0.6) is 0 Å². The molecule has 1 aromatic heterocycles. The summed E-state index contributed by atoms with van der Waals surface area (Å²) in [5, 5.41) is 10.6. The van der Waals surface area contributed by atoms with E-state index in [0.717, 1.165) is 5.56 Å². The molecular weight excluding hydrogens is 196 g/mol. The predicted molar refractivity (Wildman–Crippen MR) is 55.2 cm³/mol. The maximum atomic E-state index is 10.6. The van der Waals surface area contributed by atoms with Crippen molar-refractivity contribution in [3.63, 3.8) is 0 Å². The lowest BCUT2D eigenvalue weighted by atomic mass is 10.1. The molecule has 0 saturated heterocycles. The van der Waals surface area contributed by atoms with Gasteiger partial charge in [0.05, 0.1) is 17.4 Å². The normalized spacial score (nSPS) is 10.1. The maximum absolute atomic E-state index is 10.6. The molecule has 15 heavy (non-hydrogen) atoms. The molecule has 0 radical (unpaired) electrons. The summed E-state index contributed by atoms with van der Waals surface area (Å²) in [6.45, 7) is 0. The van der Waals surface area contributed by atoms with Crippen LogP contribution in [0.1, 0.15) is 0 Å². The molecule has 0 unspecified atom stereocenters. The highest BCUT2D eigenvalue weighted by molar-refractivity contribution is 5.71. The average molecular weight is 204 g/mol. The number of nitrogens with two attached hydrogens (primary N) is 1. The van der Waals surface area contributed by atoms with Crippen LogP contribution in [0.3, 0.4) is 0 Å². The Labute approximate surface area is 85.3 Å². The van der Waals surface area contributed by atoms with Gasteiger partial charge in [0.15, 0.2) is 0 Å². The Kier molecular flexibility index (Phi) is 2.13. The fourth-order valence-electron chi connectivity index (χ4n) is 1.31. The number of nitro benzene ring substituents is 1. The summed E-state index contributed by atoms with van der Waals surface area (Å²) in [5.41, 5.74) is 7.05. The molecule has 1 aromatic carbocycles. The van der Waals surface area contributed by atoms with Crippen molar-refractivity contribution in [1.29, 1.82) is 0 Å². The van der Waals surface area contributed by atoms with Crippen LogP contribution < -0.4 is 5.73 Å². The van der Waals surface area contributed by atoms with Crippen LogP contribution in [0.4, 0.5) is 11.4 Å². The van der Waals surface area contributed by atoms with Crippen molar-refractivity contribution in [3.05, 3.63) is 46.9 Å². The van der Waals surface area contributed by atoms with Crippen molar-refractivity contribution in [2.24, 2.45) is 0 Å². The van der Waals surface area contributed by atoms with Gasteiger partial charge in [-0.2, -0.15) is 0 Å². The molecule has 2 N–H and O–H groups in total. The number of nitrogens with zero attached hydrogens (tertiary/aromatic N) is 1. The van der Waals surface area contributed by atoms with E-state index in [1.54, 1.807) is 12.1 Å². The zero-order valence-electron chi connectivity index (χ0n) is 7.71. The van der Waals surface area contributed by atoms with Gasteiger partial charge in [0.1, 0.15) is 5.69 Å². The predicted octanol–water partition coefficient (Wildman–Crippen LogP) is 2.44. The average Bonchev–Trinajstić information content (AvgIpc) is 2.71. The zero-order valence-corrected chi connectivity index (χ0v) is 7.71. The fourth-order valence-corrected chi connectivity index (χ4v) is 1.31. The van der Waals surface area contributed by atoms with Gasteiger partial charge >= 0.3 is 0 Å². The molecule has 0 atom stereocenters. The third-order valence-electron chi connectivity index (χ3n) is 2.08. The first-order valence-electron chi connectivity index (χ1n) is 4.25. The van der Waals surface area contributed by atoms with E-state index >= 15 is 0 Å². The van der Waals surface area contributed by atoms with Gasteiger partial charge in [0.25, 0.3) is 5.69 Å². The number of rotatable bonds is 2. The minimum absolute atomic E-state index is 0.0892. The first-order valence-corrected chi connectivity index (χ1v) is 4.25. The van der Waals surface area contributed by atoms with Gasteiger partial charge in [-0.3, -0.25) is 10.1 Å². The molecule has 0 aliphatic carbocycles. The molecule has 76 valence electrons. The summed E-state index contributed by atoms with van der Waals surface area (Å²) >= 11 is 0.